The van der Waals surface area contributed by atoms with E-state index in [1.807, 2.05) is 0 Å². The lowest BCUT2D eigenvalue weighted by Crippen LogP contribution is -1.83. The molecule has 22 heavy (non-hydrogen) atoms. The maximum atomic E-state index is 3.90. The van der Waals surface area contributed by atoms with Crippen LogP contribution >= 0.6 is 0 Å². The van der Waals surface area contributed by atoms with Gasteiger partial charge in [0.2, 0.25) is 0 Å². The summed E-state index contributed by atoms with van der Waals surface area (Å²) in [5.41, 5.74) is 0. The van der Waals surface area contributed by atoms with Crippen LogP contribution in [0.4, 0.5) is 0 Å². The quantitative estimate of drug-likeness (QED) is 0.177. The maximum absolute atomic E-state index is 3.90. The smallest absolute Gasteiger partial charge is 0.0351 e. The van der Waals surface area contributed by atoms with Gasteiger partial charge in [-0.3, -0.25) is 0 Å². The van der Waals surface area contributed by atoms with Crippen molar-refractivity contribution in [3.63, 3.8) is 0 Å². The molecular weight excluding hydrogens is 264 g/mol. The minimum atomic E-state index is 0.941. The van der Waals surface area contributed by atoms with Crippen LogP contribution in [0.25, 0.3) is 0 Å². The van der Waals surface area contributed by atoms with E-state index in [9.17, 15) is 0 Å². The average molecular weight is 307 g/mol. The summed E-state index contributed by atoms with van der Waals surface area (Å²) in [7, 11) is 0. The van der Waals surface area contributed by atoms with Gasteiger partial charge in [-0.25, -0.2) is 0 Å². The highest BCUT2D eigenvalue weighted by atomic mass is 14.0. The lowest BCUT2D eigenvalue weighted by molar-refractivity contribution is 0.531. The minimum absolute atomic E-state index is 0.941. The lowest BCUT2D eigenvalue weighted by Gasteiger charge is -2.03. The van der Waals surface area contributed by atoms with E-state index in [0.717, 1.165) is 12.8 Å². The van der Waals surface area contributed by atoms with E-state index in [1.165, 1.54) is 103 Å². The lowest BCUT2D eigenvalue weighted by atomic mass is 10.0. The maximum Gasteiger partial charge on any atom is -0.0351 e. The third-order valence-electron chi connectivity index (χ3n) is 4.45. The standard InChI is InChI=1S/C22H42/c1-3-5-7-9-11-13-15-17-19-21-22-20-18-16-14-12-10-8-6-4-2/h5,7H,1-4,6,8-22H2/b7-5+. The molecule has 0 aromatic heterocycles. The van der Waals surface area contributed by atoms with Crippen molar-refractivity contribution in [1.29, 1.82) is 0 Å². The monoisotopic (exact) mass is 306 g/mol. The van der Waals surface area contributed by atoms with E-state index in [0.29, 0.717) is 0 Å². The SMILES string of the molecule is [CH2]C/C=C/CCCCCCCCCCCCCCCCC[CH2]. The molecule has 0 heterocycles. The highest BCUT2D eigenvalue weighted by molar-refractivity contribution is 4.81. The van der Waals surface area contributed by atoms with E-state index < -0.39 is 0 Å². The molecule has 0 spiro atoms. The van der Waals surface area contributed by atoms with E-state index in [2.05, 4.69) is 26.0 Å². The van der Waals surface area contributed by atoms with E-state index in [1.54, 1.807) is 0 Å². The largest absolute Gasteiger partial charge is 0.0885 e. The Hall–Kier alpha value is -0.260. The summed E-state index contributed by atoms with van der Waals surface area (Å²) in [6.45, 7) is 7.71. The topological polar surface area (TPSA) is 0 Å². The predicted molar refractivity (Wildman–Crippen MR) is 103 cm³/mol. The molecule has 0 N–H and O–H groups in total. The van der Waals surface area contributed by atoms with Crippen molar-refractivity contribution in [2.75, 3.05) is 0 Å². The van der Waals surface area contributed by atoms with Gasteiger partial charge in [0.05, 0.1) is 0 Å². The zero-order valence-corrected chi connectivity index (χ0v) is 15.3. The Morgan fingerprint density at radius 2 is 0.773 bits per heavy atom. The van der Waals surface area contributed by atoms with E-state index in [-0.39, 0.29) is 0 Å². The first-order valence-electron chi connectivity index (χ1n) is 10.1. The van der Waals surface area contributed by atoms with Gasteiger partial charge in [0, 0.05) is 0 Å². The van der Waals surface area contributed by atoms with Crippen molar-refractivity contribution in [3.8, 4) is 0 Å². The second kappa shape index (κ2) is 20.7. The van der Waals surface area contributed by atoms with Gasteiger partial charge >= 0.3 is 0 Å². The molecule has 0 aliphatic rings. The Kier molecular flexibility index (Phi) is 20.5. The molecule has 2 radical (unpaired) electrons. The third kappa shape index (κ3) is 19.7. The molecule has 0 aromatic rings. The summed E-state index contributed by atoms with van der Waals surface area (Å²) < 4.78 is 0. The van der Waals surface area contributed by atoms with Crippen LogP contribution in [0.5, 0.6) is 0 Å². The Bertz CT molecular complexity index is 204. The molecule has 0 aromatic carbocycles. The fraction of sp³-hybridized carbons (Fsp3) is 0.818. The summed E-state index contributed by atoms with van der Waals surface area (Å²) in [5, 5.41) is 0. The summed E-state index contributed by atoms with van der Waals surface area (Å²) in [6.07, 6.45) is 29.3. The predicted octanol–water partition coefficient (Wildman–Crippen LogP) is 8.23. The molecule has 0 aliphatic carbocycles. The normalized spacial score (nSPS) is 11.5. The molecule has 130 valence electrons. The number of hydrogen-bond donors (Lipinski definition) is 0. The van der Waals surface area contributed by atoms with Gasteiger partial charge in [-0.2, -0.15) is 0 Å². The first-order valence-corrected chi connectivity index (χ1v) is 10.1. The van der Waals surface area contributed by atoms with Crippen molar-refractivity contribution in [1.82, 2.24) is 0 Å². The van der Waals surface area contributed by atoms with E-state index in [4.69, 9.17) is 0 Å². The van der Waals surface area contributed by atoms with Crippen LogP contribution in [0, 0.1) is 13.8 Å². The van der Waals surface area contributed by atoms with Crippen LogP contribution in [0.2, 0.25) is 0 Å². The minimum Gasteiger partial charge on any atom is -0.0885 e. The number of hydrogen-bond acceptors (Lipinski definition) is 0. The molecule has 0 saturated carbocycles. The van der Waals surface area contributed by atoms with Crippen LogP contribution < -0.4 is 0 Å². The van der Waals surface area contributed by atoms with Crippen molar-refractivity contribution >= 4 is 0 Å². The van der Waals surface area contributed by atoms with Crippen molar-refractivity contribution in [3.05, 3.63) is 26.0 Å². The Balaban J connectivity index is 2.95. The molecule has 0 aliphatic heterocycles. The second-order valence-electron chi connectivity index (χ2n) is 6.71. The second-order valence-corrected chi connectivity index (χ2v) is 6.71. The Morgan fingerprint density at radius 3 is 1.14 bits per heavy atom. The van der Waals surface area contributed by atoms with Crippen LogP contribution in [0.3, 0.4) is 0 Å². The number of allylic oxidation sites excluding steroid dienone is 2. The summed E-state index contributed by atoms with van der Waals surface area (Å²) in [4.78, 5) is 0. The van der Waals surface area contributed by atoms with Crippen LogP contribution in [0.1, 0.15) is 116 Å². The first-order chi connectivity index (χ1) is 10.9. The summed E-state index contributed by atoms with van der Waals surface area (Å²) in [5.74, 6) is 0. The van der Waals surface area contributed by atoms with Gasteiger partial charge in [-0.1, -0.05) is 115 Å². The van der Waals surface area contributed by atoms with Gasteiger partial charge in [0.1, 0.15) is 0 Å². The fourth-order valence-corrected chi connectivity index (χ4v) is 2.97. The fourth-order valence-electron chi connectivity index (χ4n) is 2.97. The zero-order chi connectivity index (χ0) is 16.1. The molecule has 0 heteroatoms. The van der Waals surface area contributed by atoms with Gasteiger partial charge in [-0.05, 0) is 26.2 Å². The highest BCUT2D eigenvalue weighted by Crippen LogP contribution is 2.14. The first kappa shape index (κ1) is 21.7. The van der Waals surface area contributed by atoms with Gasteiger partial charge in [0.15, 0.2) is 0 Å². The highest BCUT2D eigenvalue weighted by Gasteiger charge is 1.94. The number of rotatable bonds is 18. The van der Waals surface area contributed by atoms with Gasteiger partial charge in [-0.15, -0.1) is 0 Å². The third-order valence-corrected chi connectivity index (χ3v) is 4.45. The molecule has 0 rings (SSSR count). The van der Waals surface area contributed by atoms with Crippen LogP contribution in [-0.2, 0) is 0 Å². The molecular formula is C22H42. The molecule has 0 amide bonds. The summed E-state index contributed by atoms with van der Waals surface area (Å²) in [6, 6.07) is 0. The van der Waals surface area contributed by atoms with Crippen molar-refractivity contribution in [2.45, 2.75) is 116 Å². The van der Waals surface area contributed by atoms with E-state index >= 15 is 0 Å². The van der Waals surface area contributed by atoms with Crippen LogP contribution in [-0.4, -0.2) is 0 Å². The van der Waals surface area contributed by atoms with Gasteiger partial charge in [0.25, 0.3) is 0 Å². The Labute approximate surface area is 142 Å². The molecule has 0 unspecified atom stereocenters. The molecule has 0 nitrogen and oxygen atoms in total. The average Bonchev–Trinajstić information content (AvgIpc) is 2.54. The zero-order valence-electron chi connectivity index (χ0n) is 15.3. The molecule has 0 atom stereocenters. The number of unbranched alkanes of at least 4 members (excludes halogenated alkanes) is 16. The molecule has 0 saturated heterocycles. The molecule has 0 fully saturated rings. The van der Waals surface area contributed by atoms with Crippen molar-refractivity contribution in [2.24, 2.45) is 0 Å². The Morgan fingerprint density at radius 1 is 0.409 bits per heavy atom. The van der Waals surface area contributed by atoms with Crippen LogP contribution in [0.15, 0.2) is 12.2 Å². The molecule has 0 bridgehead atoms. The summed E-state index contributed by atoms with van der Waals surface area (Å²) >= 11 is 0. The van der Waals surface area contributed by atoms with Gasteiger partial charge < -0.3 is 0 Å². The van der Waals surface area contributed by atoms with Crippen molar-refractivity contribution < 1.29 is 0 Å².